The van der Waals surface area contributed by atoms with Crippen LogP contribution in [0.4, 0.5) is 5.69 Å². The lowest BCUT2D eigenvalue weighted by Gasteiger charge is -2.26. The van der Waals surface area contributed by atoms with E-state index in [1.807, 2.05) is 0 Å². The summed E-state index contributed by atoms with van der Waals surface area (Å²) in [7, 11) is 0. The molecular weight excluding hydrogens is 272 g/mol. The Hall–Kier alpha value is -2.24. The summed E-state index contributed by atoms with van der Waals surface area (Å²) < 4.78 is 10.5. The molecule has 2 aliphatic rings. The molecule has 0 spiro atoms. The molecule has 0 saturated carbocycles. The Kier molecular flexibility index (Phi) is 3.94. The van der Waals surface area contributed by atoms with Crippen LogP contribution >= 0.6 is 0 Å². The standard InChI is InChI=1S/C15H18N2O4/c18-14(9-15(19)17-6-2-1-3-7-17)16-11-4-5-12-13(8-11)21-10-20-12/h4-5,8H,1-3,6-7,9-10H2,(H,16,18). The van der Waals surface area contributed by atoms with Gasteiger partial charge in [0.05, 0.1) is 0 Å². The second kappa shape index (κ2) is 6.03. The molecule has 6 nitrogen and oxygen atoms in total. The second-order valence-electron chi connectivity index (χ2n) is 5.23. The number of anilines is 1. The number of hydrogen-bond donors (Lipinski definition) is 1. The average Bonchev–Trinajstić information content (AvgIpc) is 2.95. The fourth-order valence-corrected chi connectivity index (χ4v) is 2.57. The summed E-state index contributed by atoms with van der Waals surface area (Å²) in [6.45, 7) is 1.71. The van der Waals surface area contributed by atoms with E-state index in [1.54, 1.807) is 23.1 Å². The van der Waals surface area contributed by atoms with Gasteiger partial charge in [0.1, 0.15) is 6.42 Å². The van der Waals surface area contributed by atoms with Crippen molar-refractivity contribution in [3.05, 3.63) is 18.2 Å². The van der Waals surface area contributed by atoms with Crippen molar-refractivity contribution in [1.82, 2.24) is 4.90 Å². The molecule has 2 amide bonds. The number of ether oxygens (including phenoxy) is 2. The number of likely N-dealkylation sites (tertiary alicyclic amines) is 1. The normalized spacial score (nSPS) is 16.7. The molecule has 1 saturated heterocycles. The van der Waals surface area contributed by atoms with Crippen molar-refractivity contribution < 1.29 is 19.1 Å². The zero-order chi connectivity index (χ0) is 14.7. The minimum Gasteiger partial charge on any atom is -0.454 e. The van der Waals surface area contributed by atoms with Crippen molar-refractivity contribution in [2.24, 2.45) is 0 Å². The van der Waals surface area contributed by atoms with Gasteiger partial charge >= 0.3 is 0 Å². The Morgan fingerprint density at radius 3 is 2.67 bits per heavy atom. The number of piperidine rings is 1. The third kappa shape index (κ3) is 3.26. The number of carbonyl (C=O) groups is 2. The number of nitrogens with zero attached hydrogens (tertiary/aromatic N) is 1. The van der Waals surface area contributed by atoms with E-state index in [9.17, 15) is 9.59 Å². The van der Waals surface area contributed by atoms with Crippen LogP contribution in [0.2, 0.25) is 0 Å². The van der Waals surface area contributed by atoms with E-state index in [0.29, 0.717) is 17.2 Å². The summed E-state index contributed by atoms with van der Waals surface area (Å²) in [5.41, 5.74) is 0.607. The van der Waals surface area contributed by atoms with E-state index in [2.05, 4.69) is 5.32 Å². The minimum atomic E-state index is -0.301. The maximum absolute atomic E-state index is 12.0. The van der Waals surface area contributed by atoms with Crippen LogP contribution in [0.5, 0.6) is 11.5 Å². The number of nitrogens with one attached hydrogen (secondary N) is 1. The first-order valence-electron chi connectivity index (χ1n) is 7.20. The summed E-state index contributed by atoms with van der Waals surface area (Å²) in [4.78, 5) is 25.7. The first-order chi connectivity index (χ1) is 10.2. The first-order valence-corrected chi connectivity index (χ1v) is 7.20. The van der Waals surface area contributed by atoms with E-state index in [0.717, 1.165) is 32.4 Å². The topological polar surface area (TPSA) is 67.9 Å². The van der Waals surface area contributed by atoms with Gasteiger partial charge in [0.2, 0.25) is 18.6 Å². The van der Waals surface area contributed by atoms with Gasteiger partial charge in [0.15, 0.2) is 11.5 Å². The number of rotatable bonds is 3. The molecule has 1 N–H and O–H groups in total. The van der Waals surface area contributed by atoms with Gasteiger partial charge in [-0.3, -0.25) is 9.59 Å². The quantitative estimate of drug-likeness (QED) is 0.861. The van der Waals surface area contributed by atoms with Crippen molar-refractivity contribution >= 4 is 17.5 Å². The van der Waals surface area contributed by atoms with Crippen LogP contribution in [0.1, 0.15) is 25.7 Å². The number of amides is 2. The molecule has 1 fully saturated rings. The largest absolute Gasteiger partial charge is 0.454 e. The van der Waals surface area contributed by atoms with Gasteiger partial charge in [-0.1, -0.05) is 0 Å². The van der Waals surface area contributed by atoms with E-state index >= 15 is 0 Å². The van der Waals surface area contributed by atoms with Crippen molar-refractivity contribution in [2.45, 2.75) is 25.7 Å². The molecule has 1 aromatic carbocycles. The van der Waals surface area contributed by atoms with Crippen molar-refractivity contribution in [3.8, 4) is 11.5 Å². The molecule has 1 aromatic rings. The highest BCUT2D eigenvalue weighted by atomic mass is 16.7. The Morgan fingerprint density at radius 1 is 1.10 bits per heavy atom. The monoisotopic (exact) mass is 290 g/mol. The molecule has 2 aliphatic heterocycles. The predicted octanol–water partition coefficient (Wildman–Crippen LogP) is 1.76. The Bertz CT molecular complexity index is 553. The predicted molar refractivity (Wildman–Crippen MR) is 76.2 cm³/mol. The number of hydrogen-bond acceptors (Lipinski definition) is 4. The SMILES string of the molecule is O=C(CC(=O)N1CCCCC1)Nc1ccc2c(c1)OCO2. The summed E-state index contributed by atoms with van der Waals surface area (Å²) in [5.74, 6) is 0.866. The van der Waals surface area contributed by atoms with Gasteiger partial charge in [0.25, 0.3) is 0 Å². The molecule has 21 heavy (non-hydrogen) atoms. The fourth-order valence-electron chi connectivity index (χ4n) is 2.57. The van der Waals surface area contributed by atoms with Gasteiger partial charge in [-0.25, -0.2) is 0 Å². The van der Waals surface area contributed by atoms with Crippen LogP contribution in [-0.2, 0) is 9.59 Å². The lowest BCUT2D eigenvalue weighted by Crippen LogP contribution is -2.37. The zero-order valence-electron chi connectivity index (χ0n) is 11.8. The molecule has 6 heteroatoms. The highest BCUT2D eigenvalue weighted by Crippen LogP contribution is 2.34. The molecule has 0 radical (unpaired) electrons. The highest BCUT2D eigenvalue weighted by Gasteiger charge is 2.20. The van der Waals surface area contributed by atoms with Gasteiger partial charge in [0, 0.05) is 24.8 Å². The lowest BCUT2D eigenvalue weighted by molar-refractivity contribution is -0.135. The van der Waals surface area contributed by atoms with Crippen molar-refractivity contribution in [1.29, 1.82) is 0 Å². The average molecular weight is 290 g/mol. The molecule has 0 aromatic heterocycles. The minimum absolute atomic E-state index is 0.104. The van der Waals surface area contributed by atoms with Gasteiger partial charge < -0.3 is 19.7 Å². The Labute approximate surface area is 123 Å². The zero-order valence-corrected chi connectivity index (χ0v) is 11.8. The van der Waals surface area contributed by atoms with Crippen LogP contribution in [0, 0.1) is 0 Å². The van der Waals surface area contributed by atoms with Crippen LogP contribution < -0.4 is 14.8 Å². The maximum Gasteiger partial charge on any atom is 0.233 e. The van der Waals surface area contributed by atoms with Gasteiger partial charge in [-0.05, 0) is 31.4 Å². The molecule has 0 atom stereocenters. The van der Waals surface area contributed by atoms with E-state index in [-0.39, 0.29) is 25.0 Å². The Morgan fingerprint density at radius 2 is 1.86 bits per heavy atom. The van der Waals surface area contributed by atoms with Crippen molar-refractivity contribution in [2.75, 3.05) is 25.2 Å². The van der Waals surface area contributed by atoms with Gasteiger partial charge in [-0.2, -0.15) is 0 Å². The molecule has 112 valence electrons. The van der Waals surface area contributed by atoms with E-state index in [4.69, 9.17) is 9.47 Å². The first kappa shape index (κ1) is 13.7. The molecule has 0 bridgehead atoms. The number of carbonyl (C=O) groups excluding carboxylic acids is 2. The van der Waals surface area contributed by atoms with Crippen LogP contribution in [0.3, 0.4) is 0 Å². The molecule has 0 aliphatic carbocycles. The molecular formula is C15H18N2O4. The number of benzene rings is 1. The van der Waals surface area contributed by atoms with Crippen molar-refractivity contribution in [3.63, 3.8) is 0 Å². The lowest BCUT2D eigenvalue weighted by atomic mass is 10.1. The maximum atomic E-state index is 12.0. The van der Waals surface area contributed by atoms with E-state index < -0.39 is 0 Å². The third-order valence-corrected chi connectivity index (χ3v) is 3.68. The summed E-state index contributed by atoms with van der Waals surface area (Å²) in [6.07, 6.45) is 3.09. The fraction of sp³-hybridized carbons (Fsp3) is 0.467. The van der Waals surface area contributed by atoms with E-state index in [1.165, 1.54) is 0 Å². The van der Waals surface area contributed by atoms with Gasteiger partial charge in [-0.15, -0.1) is 0 Å². The molecule has 0 unspecified atom stereocenters. The second-order valence-corrected chi connectivity index (χ2v) is 5.23. The summed E-state index contributed by atoms with van der Waals surface area (Å²) in [5, 5.41) is 2.72. The number of fused-ring (bicyclic) bond motifs is 1. The molecule has 2 heterocycles. The summed E-state index contributed by atoms with van der Waals surface area (Å²) in [6, 6.07) is 5.17. The highest BCUT2D eigenvalue weighted by molar-refractivity contribution is 6.03. The smallest absolute Gasteiger partial charge is 0.233 e. The molecule has 3 rings (SSSR count). The summed E-state index contributed by atoms with van der Waals surface area (Å²) >= 11 is 0. The third-order valence-electron chi connectivity index (χ3n) is 3.68. The Balaban J connectivity index is 1.55. The van der Waals surface area contributed by atoms with Crippen LogP contribution in [-0.4, -0.2) is 36.6 Å². The van der Waals surface area contributed by atoms with Crippen LogP contribution in [0.15, 0.2) is 18.2 Å². The van der Waals surface area contributed by atoms with Crippen LogP contribution in [0.25, 0.3) is 0 Å².